The molecule has 1 saturated heterocycles. The van der Waals surface area contributed by atoms with Crippen molar-refractivity contribution in [3.8, 4) is 0 Å². The molecule has 0 radical (unpaired) electrons. The van der Waals surface area contributed by atoms with Gasteiger partial charge in [0.1, 0.15) is 17.3 Å². The molecule has 0 unspecified atom stereocenters. The zero-order valence-electron chi connectivity index (χ0n) is 16.7. The number of sulfonamides is 1. The van der Waals surface area contributed by atoms with E-state index in [0.29, 0.717) is 17.7 Å². The van der Waals surface area contributed by atoms with E-state index < -0.39 is 33.1 Å². The lowest BCUT2D eigenvalue weighted by Gasteiger charge is -2.38. The predicted molar refractivity (Wildman–Crippen MR) is 106 cm³/mol. The van der Waals surface area contributed by atoms with Gasteiger partial charge in [0.25, 0.3) is 6.43 Å². The zero-order chi connectivity index (χ0) is 23.3. The first-order valence-corrected chi connectivity index (χ1v) is 11.4. The van der Waals surface area contributed by atoms with Gasteiger partial charge in [-0.2, -0.15) is 13.2 Å². The van der Waals surface area contributed by atoms with E-state index in [-0.39, 0.29) is 43.5 Å². The first-order chi connectivity index (χ1) is 14.9. The molecule has 2 aromatic rings. The molecule has 4 rings (SSSR count). The molecular formula is C19H20F5N5O2S. The van der Waals surface area contributed by atoms with Crippen molar-refractivity contribution in [2.75, 3.05) is 36.0 Å². The molecule has 1 aliphatic heterocycles. The number of rotatable bonds is 5. The Balaban J connectivity index is 1.57. The third kappa shape index (κ3) is 4.77. The third-order valence-corrected chi connectivity index (χ3v) is 6.37. The molecule has 2 aliphatic rings. The number of benzene rings is 1. The van der Waals surface area contributed by atoms with Crippen LogP contribution in [0.1, 0.15) is 42.3 Å². The van der Waals surface area contributed by atoms with Crippen molar-refractivity contribution < 1.29 is 30.4 Å². The molecule has 0 bridgehead atoms. The number of primary sulfonamides is 1. The lowest BCUT2D eigenvalue weighted by atomic mass is 10.1. The molecule has 2 N–H and O–H groups in total. The van der Waals surface area contributed by atoms with E-state index in [1.165, 1.54) is 11.0 Å². The molecule has 7 nitrogen and oxygen atoms in total. The molecule has 0 spiro atoms. The minimum atomic E-state index is -4.79. The van der Waals surface area contributed by atoms with Crippen LogP contribution in [0.2, 0.25) is 0 Å². The van der Waals surface area contributed by atoms with E-state index in [9.17, 15) is 30.4 Å². The van der Waals surface area contributed by atoms with Crippen LogP contribution in [-0.4, -0.2) is 44.6 Å². The topological polar surface area (TPSA) is 92.4 Å². The summed E-state index contributed by atoms with van der Waals surface area (Å²) in [4.78, 5) is 10.9. The van der Waals surface area contributed by atoms with E-state index in [1.807, 2.05) is 0 Å². The first-order valence-electron chi connectivity index (χ1n) is 9.84. The van der Waals surface area contributed by atoms with Crippen molar-refractivity contribution in [2.45, 2.75) is 36.3 Å². The number of halogens is 5. The van der Waals surface area contributed by atoms with Crippen molar-refractivity contribution in [2.24, 2.45) is 5.14 Å². The summed E-state index contributed by atoms with van der Waals surface area (Å²) < 4.78 is 90.3. The molecule has 1 aliphatic carbocycles. The Kier molecular flexibility index (Phi) is 5.74. The highest BCUT2D eigenvalue weighted by molar-refractivity contribution is 7.89. The zero-order valence-corrected chi connectivity index (χ0v) is 17.5. The molecule has 1 saturated carbocycles. The van der Waals surface area contributed by atoms with Crippen LogP contribution in [0.5, 0.6) is 0 Å². The van der Waals surface area contributed by atoms with Crippen molar-refractivity contribution in [1.29, 1.82) is 0 Å². The van der Waals surface area contributed by atoms with Crippen LogP contribution in [0, 0.1) is 0 Å². The summed E-state index contributed by atoms with van der Waals surface area (Å²) in [6, 6.07) is 3.86. The van der Waals surface area contributed by atoms with Gasteiger partial charge >= 0.3 is 6.18 Å². The minimum Gasteiger partial charge on any atom is -0.367 e. The molecule has 13 heteroatoms. The molecular weight excluding hydrogens is 457 g/mol. The maximum absolute atomic E-state index is 13.6. The van der Waals surface area contributed by atoms with Crippen LogP contribution >= 0.6 is 0 Å². The van der Waals surface area contributed by atoms with Crippen LogP contribution in [0.25, 0.3) is 0 Å². The number of hydrogen-bond acceptors (Lipinski definition) is 6. The molecule has 1 aromatic heterocycles. The van der Waals surface area contributed by atoms with Gasteiger partial charge in [0.2, 0.25) is 10.0 Å². The van der Waals surface area contributed by atoms with E-state index in [0.717, 1.165) is 25.0 Å². The average Bonchev–Trinajstić information content (AvgIpc) is 3.57. The second-order valence-electron chi connectivity index (χ2n) is 7.78. The quantitative estimate of drug-likeness (QED) is 0.665. The Bertz CT molecular complexity index is 1090. The summed E-state index contributed by atoms with van der Waals surface area (Å²) in [5, 5.41) is 4.97. The number of piperazine rings is 1. The van der Waals surface area contributed by atoms with Crippen molar-refractivity contribution in [1.82, 2.24) is 9.97 Å². The lowest BCUT2D eigenvalue weighted by molar-refractivity contribution is -0.137. The lowest BCUT2D eigenvalue weighted by Crippen LogP contribution is -2.47. The molecule has 32 heavy (non-hydrogen) atoms. The van der Waals surface area contributed by atoms with Gasteiger partial charge in [0, 0.05) is 43.9 Å². The molecule has 0 amide bonds. The van der Waals surface area contributed by atoms with Crippen LogP contribution < -0.4 is 14.9 Å². The summed E-state index contributed by atoms with van der Waals surface area (Å²) >= 11 is 0. The van der Waals surface area contributed by atoms with Gasteiger partial charge in [-0.05, 0) is 31.0 Å². The minimum absolute atomic E-state index is 0.0698. The fourth-order valence-corrected chi connectivity index (χ4v) is 4.18. The third-order valence-electron chi connectivity index (χ3n) is 5.46. The standard InChI is InChI=1S/C19H20F5N5O2S/c20-17(21)14-10-16(27-18(26-14)11-1-2-11)29-7-5-28(6-8-29)15-4-3-12(32(25,30)31)9-13(15)19(22,23)24/h3-4,9-11,17H,1-2,5-8H2,(H2,25,30,31). The second kappa shape index (κ2) is 8.10. The second-order valence-corrected chi connectivity index (χ2v) is 9.34. The van der Waals surface area contributed by atoms with Crippen LogP contribution in [-0.2, 0) is 16.2 Å². The number of hydrogen-bond donors (Lipinski definition) is 1. The van der Waals surface area contributed by atoms with E-state index in [4.69, 9.17) is 5.14 Å². The highest BCUT2D eigenvalue weighted by atomic mass is 32.2. The summed E-state index contributed by atoms with van der Waals surface area (Å²) in [5.74, 6) is 0.774. The SMILES string of the molecule is NS(=O)(=O)c1ccc(N2CCN(c3cc(C(F)F)nc(C4CC4)n3)CC2)c(C(F)(F)F)c1. The fourth-order valence-electron chi connectivity index (χ4n) is 3.64. The van der Waals surface area contributed by atoms with Gasteiger partial charge in [-0.1, -0.05) is 0 Å². The molecule has 1 aromatic carbocycles. The maximum Gasteiger partial charge on any atom is 0.418 e. The Hall–Kier alpha value is -2.54. The predicted octanol–water partition coefficient (Wildman–Crippen LogP) is 3.28. The van der Waals surface area contributed by atoms with Crippen LogP contribution in [0.15, 0.2) is 29.2 Å². The van der Waals surface area contributed by atoms with Gasteiger partial charge in [0.05, 0.1) is 10.5 Å². The normalized spacial score (nSPS) is 17.8. The largest absolute Gasteiger partial charge is 0.418 e. The Morgan fingerprint density at radius 2 is 1.62 bits per heavy atom. The molecule has 0 atom stereocenters. The molecule has 174 valence electrons. The van der Waals surface area contributed by atoms with Gasteiger partial charge in [0.15, 0.2) is 0 Å². The molecule has 2 heterocycles. The average molecular weight is 477 g/mol. The maximum atomic E-state index is 13.6. The van der Waals surface area contributed by atoms with Gasteiger partial charge < -0.3 is 9.80 Å². The fraction of sp³-hybridized carbons (Fsp3) is 0.474. The van der Waals surface area contributed by atoms with E-state index in [1.54, 1.807) is 4.90 Å². The summed E-state index contributed by atoms with van der Waals surface area (Å²) in [6.45, 7) is 0.811. The Morgan fingerprint density at radius 3 is 2.16 bits per heavy atom. The number of aromatic nitrogens is 2. The van der Waals surface area contributed by atoms with Crippen molar-refractivity contribution in [3.05, 3.63) is 41.3 Å². The monoisotopic (exact) mass is 477 g/mol. The summed E-state index contributed by atoms with van der Waals surface area (Å²) in [5.41, 5.74) is -1.63. The number of nitrogens with zero attached hydrogens (tertiary/aromatic N) is 4. The van der Waals surface area contributed by atoms with Crippen molar-refractivity contribution in [3.63, 3.8) is 0 Å². The number of anilines is 2. The number of nitrogens with two attached hydrogens (primary N) is 1. The summed E-state index contributed by atoms with van der Waals surface area (Å²) in [7, 11) is -4.30. The van der Waals surface area contributed by atoms with E-state index >= 15 is 0 Å². The number of alkyl halides is 5. The van der Waals surface area contributed by atoms with Gasteiger partial charge in [-0.3, -0.25) is 0 Å². The van der Waals surface area contributed by atoms with Crippen LogP contribution in [0.4, 0.5) is 33.5 Å². The van der Waals surface area contributed by atoms with Gasteiger partial charge in [-0.25, -0.2) is 32.3 Å². The highest BCUT2D eigenvalue weighted by Crippen LogP contribution is 2.40. The van der Waals surface area contributed by atoms with E-state index in [2.05, 4.69) is 9.97 Å². The summed E-state index contributed by atoms with van der Waals surface area (Å²) in [6.07, 6.45) is -5.85. The molecule has 2 fully saturated rings. The first kappa shape index (κ1) is 22.6. The van der Waals surface area contributed by atoms with Crippen molar-refractivity contribution >= 4 is 21.5 Å². The smallest absolute Gasteiger partial charge is 0.367 e. The van der Waals surface area contributed by atoms with Crippen LogP contribution in [0.3, 0.4) is 0 Å². The highest BCUT2D eigenvalue weighted by Gasteiger charge is 2.37. The Morgan fingerprint density at radius 1 is 1.00 bits per heavy atom. The Labute approximate surface area is 181 Å². The van der Waals surface area contributed by atoms with Gasteiger partial charge in [-0.15, -0.1) is 0 Å².